The second kappa shape index (κ2) is 11.5. The van der Waals surface area contributed by atoms with E-state index in [9.17, 15) is 9.59 Å². The molecule has 116 valence electrons. The summed E-state index contributed by atoms with van der Waals surface area (Å²) in [7, 11) is 0. The molecule has 0 N–H and O–H groups in total. The van der Waals surface area contributed by atoms with Gasteiger partial charge in [-0.1, -0.05) is 46.1 Å². The van der Waals surface area contributed by atoms with E-state index in [4.69, 9.17) is 4.74 Å². The second-order valence-corrected chi connectivity index (χ2v) is 4.99. The smallest absolute Gasteiger partial charge is 0.328 e. The maximum absolute atomic E-state index is 12.0. The van der Waals surface area contributed by atoms with Crippen LogP contribution in [0.15, 0.2) is 12.7 Å². The lowest BCUT2D eigenvalue weighted by molar-refractivity contribution is -0.153. The van der Waals surface area contributed by atoms with Crippen molar-refractivity contribution >= 4 is 11.9 Å². The number of hydrogen-bond donors (Lipinski definition) is 0. The van der Waals surface area contributed by atoms with Crippen molar-refractivity contribution in [2.24, 2.45) is 0 Å². The van der Waals surface area contributed by atoms with Crippen molar-refractivity contribution in [1.29, 1.82) is 0 Å². The van der Waals surface area contributed by atoms with Gasteiger partial charge in [-0.15, -0.1) is 0 Å². The van der Waals surface area contributed by atoms with Crippen molar-refractivity contribution in [2.75, 3.05) is 13.2 Å². The minimum Gasteiger partial charge on any atom is -0.464 e. The molecule has 0 aliphatic rings. The number of ether oxygens (including phenoxy) is 1. The average Bonchev–Trinajstić information content (AvgIpc) is 2.46. The summed E-state index contributed by atoms with van der Waals surface area (Å²) in [5.74, 6) is -0.535. The van der Waals surface area contributed by atoms with E-state index in [1.165, 1.54) is 6.08 Å². The summed E-state index contributed by atoms with van der Waals surface area (Å²) in [6.45, 7) is 10.4. The lowest BCUT2D eigenvalue weighted by Crippen LogP contribution is -2.44. The van der Waals surface area contributed by atoms with Crippen LogP contribution in [0.2, 0.25) is 0 Å². The first-order chi connectivity index (χ1) is 9.58. The van der Waals surface area contributed by atoms with Crippen LogP contribution in [0.3, 0.4) is 0 Å². The molecule has 0 radical (unpaired) electrons. The summed E-state index contributed by atoms with van der Waals surface area (Å²) < 4.78 is 5.22. The van der Waals surface area contributed by atoms with E-state index in [2.05, 4.69) is 20.4 Å². The topological polar surface area (TPSA) is 46.6 Å². The van der Waals surface area contributed by atoms with Gasteiger partial charge in [-0.25, -0.2) is 4.79 Å². The number of hydrogen-bond acceptors (Lipinski definition) is 3. The van der Waals surface area contributed by atoms with Gasteiger partial charge in [0.2, 0.25) is 5.91 Å². The highest BCUT2D eigenvalue weighted by Gasteiger charge is 2.24. The molecule has 0 aliphatic heterocycles. The Morgan fingerprint density at radius 2 is 1.75 bits per heavy atom. The summed E-state index contributed by atoms with van der Waals surface area (Å²) in [5.41, 5.74) is 0. The third-order valence-electron chi connectivity index (χ3n) is 3.26. The van der Waals surface area contributed by atoms with Gasteiger partial charge in [-0.3, -0.25) is 4.79 Å². The van der Waals surface area contributed by atoms with Crippen molar-refractivity contribution in [3.63, 3.8) is 0 Å². The standard InChI is InChI=1S/C16H29NO3/c1-5-8-10-12-17(15(18)7-3)14(4)16(19)20-13-11-9-6-2/h7,14H,3,5-6,8-13H2,1-2,4H3. The third-order valence-corrected chi connectivity index (χ3v) is 3.26. The highest BCUT2D eigenvalue weighted by molar-refractivity contribution is 5.91. The molecule has 0 saturated heterocycles. The normalized spacial score (nSPS) is 11.8. The zero-order valence-corrected chi connectivity index (χ0v) is 13.2. The molecule has 0 saturated carbocycles. The Bertz CT molecular complexity index is 302. The number of amides is 1. The van der Waals surface area contributed by atoms with E-state index in [0.717, 1.165) is 38.5 Å². The van der Waals surface area contributed by atoms with Gasteiger partial charge in [0.25, 0.3) is 0 Å². The maximum Gasteiger partial charge on any atom is 0.328 e. The molecule has 0 fully saturated rings. The number of nitrogens with zero attached hydrogens (tertiary/aromatic N) is 1. The highest BCUT2D eigenvalue weighted by atomic mass is 16.5. The SMILES string of the molecule is C=CC(=O)N(CCCCC)C(C)C(=O)OCCCCC. The van der Waals surface area contributed by atoms with Crippen molar-refractivity contribution < 1.29 is 14.3 Å². The molecule has 0 rings (SSSR count). The predicted molar refractivity (Wildman–Crippen MR) is 81.4 cm³/mol. The van der Waals surface area contributed by atoms with Gasteiger partial charge in [0.1, 0.15) is 6.04 Å². The summed E-state index contributed by atoms with van der Waals surface area (Å²) in [6, 6.07) is -0.543. The van der Waals surface area contributed by atoms with E-state index in [-0.39, 0.29) is 11.9 Å². The van der Waals surface area contributed by atoms with Crippen molar-refractivity contribution in [3.8, 4) is 0 Å². The number of esters is 1. The Kier molecular flexibility index (Phi) is 10.7. The molecular formula is C16H29NO3. The van der Waals surface area contributed by atoms with Gasteiger partial charge in [-0.05, 0) is 25.8 Å². The third kappa shape index (κ3) is 7.31. The summed E-state index contributed by atoms with van der Waals surface area (Å²) in [4.78, 5) is 25.3. The maximum atomic E-state index is 12.0. The molecule has 0 aliphatic carbocycles. The molecule has 1 unspecified atom stereocenters. The molecule has 0 aromatic rings. The van der Waals surface area contributed by atoms with Crippen LogP contribution in [0, 0.1) is 0 Å². The molecule has 0 heterocycles. The zero-order valence-electron chi connectivity index (χ0n) is 13.2. The summed E-state index contributed by atoms with van der Waals surface area (Å²) >= 11 is 0. The van der Waals surface area contributed by atoms with Crippen LogP contribution >= 0.6 is 0 Å². The van der Waals surface area contributed by atoms with Gasteiger partial charge < -0.3 is 9.64 Å². The van der Waals surface area contributed by atoms with Crippen LogP contribution in [0.25, 0.3) is 0 Å². The van der Waals surface area contributed by atoms with Crippen LogP contribution in [0.4, 0.5) is 0 Å². The lowest BCUT2D eigenvalue weighted by atomic mass is 10.2. The van der Waals surface area contributed by atoms with E-state index in [1.54, 1.807) is 11.8 Å². The zero-order chi connectivity index (χ0) is 15.4. The van der Waals surface area contributed by atoms with Crippen LogP contribution in [-0.2, 0) is 14.3 Å². The quantitative estimate of drug-likeness (QED) is 0.332. The first kappa shape index (κ1) is 18.7. The Hall–Kier alpha value is -1.32. The molecule has 20 heavy (non-hydrogen) atoms. The molecule has 0 spiro atoms. The highest BCUT2D eigenvalue weighted by Crippen LogP contribution is 2.07. The predicted octanol–water partition coefficient (Wildman–Crippen LogP) is 3.31. The molecule has 4 nitrogen and oxygen atoms in total. The Balaban J connectivity index is 4.36. The van der Waals surface area contributed by atoms with Gasteiger partial charge >= 0.3 is 5.97 Å². The molecule has 1 atom stereocenters. The monoisotopic (exact) mass is 283 g/mol. The van der Waals surface area contributed by atoms with E-state index >= 15 is 0 Å². The minimum absolute atomic E-state index is 0.209. The van der Waals surface area contributed by atoms with Crippen molar-refractivity contribution in [3.05, 3.63) is 12.7 Å². The van der Waals surface area contributed by atoms with E-state index in [0.29, 0.717) is 13.2 Å². The molecule has 0 aromatic heterocycles. The second-order valence-electron chi connectivity index (χ2n) is 4.99. The molecular weight excluding hydrogens is 254 g/mol. The first-order valence-electron chi connectivity index (χ1n) is 7.68. The summed E-state index contributed by atoms with van der Waals surface area (Å²) in [5, 5.41) is 0. The van der Waals surface area contributed by atoms with Crippen LogP contribution in [0.1, 0.15) is 59.3 Å². The number of carbonyl (C=O) groups excluding carboxylic acids is 2. The Labute approximate surface area is 123 Å². The molecule has 1 amide bonds. The minimum atomic E-state index is -0.543. The van der Waals surface area contributed by atoms with Gasteiger partial charge in [0, 0.05) is 6.54 Å². The fourth-order valence-electron chi connectivity index (χ4n) is 1.92. The van der Waals surface area contributed by atoms with Crippen LogP contribution in [-0.4, -0.2) is 36.0 Å². The van der Waals surface area contributed by atoms with Crippen molar-refractivity contribution in [2.45, 2.75) is 65.3 Å². The fourth-order valence-corrected chi connectivity index (χ4v) is 1.92. The average molecular weight is 283 g/mol. The number of rotatable bonds is 11. The summed E-state index contributed by atoms with van der Waals surface area (Å²) in [6.07, 6.45) is 7.28. The largest absolute Gasteiger partial charge is 0.464 e. The van der Waals surface area contributed by atoms with Crippen LogP contribution in [0.5, 0.6) is 0 Å². The van der Waals surface area contributed by atoms with Gasteiger partial charge in [0.05, 0.1) is 6.61 Å². The molecule has 4 heteroatoms. The number of unbranched alkanes of at least 4 members (excludes halogenated alkanes) is 4. The molecule has 0 aromatic carbocycles. The van der Waals surface area contributed by atoms with Crippen molar-refractivity contribution in [1.82, 2.24) is 4.90 Å². The Morgan fingerprint density at radius 1 is 1.15 bits per heavy atom. The van der Waals surface area contributed by atoms with E-state index in [1.807, 2.05) is 0 Å². The first-order valence-corrected chi connectivity index (χ1v) is 7.68. The van der Waals surface area contributed by atoms with E-state index < -0.39 is 6.04 Å². The van der Waals surface area contributed by atoms with Gasteiger partial charge in [0.15, 0.2) is 0 Å². The van der Waals surface area contributed by atoms with Gasteiger partial charge in [-0.2, -0.15) is 0 Å². The number of carbonyl (C=O) groups is 2. The fraction of sp³-hybridized carbons (Fsp3) is 0.750. The lowest BCUT2D eigenvalue weighted by Gasteiger charge is -2.26. The molecule has 0 bridgehead atoms. The van der Waals surface area contributed by atoms with Crippen LogP contribution < -0.4 is 0 Å². The Morgan fingerprint density at radius 3 is 2.30 bits per heavy atom.